The summed E-state index contributed by atoms with van der Waals surface area (Å²) in [4.78, 5) is 25.1. The van der Waals surface area contributed by atoms with Gasteiger partial charge < -0.3 is 15.1 Å². The molecule has 0 radical (unpaired) electrons. The van der Waals surface area contributed by atoms with Crippen LogP contribution in [0.25, 0.3) is 0 Å². The molecule has 1 aliphatic heterocycles. The van der Waals surface area contributed by atoms with Crippen LogP contribution in [0.2, 0.25) is 0 Å². The lowest BCUT2D eigenvalue weighted by molar-refractivity contribution is -0.121. The van der Waals surface area contributed by atoms with Crippen LogP contribution >= 0.6 is 0 Å². The third-order valence-corrected chi connectivity index (χ3v) is 2.83. The molecule has 0 aromatic carbocycles. The Hall–Kier alpha value is -1.86. The first-order chi connectivity index (χ1) is 9.24. The van der Waals surface area contributed by atoms with E-state index < -0.39 is 6.03 Å². The molecule has 104 valence electrons. The van der Waals surface area contributed by atoms with Crippen molar-refractivity contribution in [2.24, 2.45) is 0 Å². The Morgan fingerprint density at radius 3 is 2.84 bits per heavy atom. The van der Waals surface area contributed by atoms with Gasteiger partial charge >= 0.3 is 6.03 Å². The highest BCUT2D eigenvalue weighted by atomic mass is 16.3. The summed E-state index contributed by atoms with van der Waals surface area (Å²) in [5.74, 6) is 0.351. The van der Waals surface area contributed by atoms with Gasteiger partial charge in [0.25, 0.3) is 0 Å². The maximum absolute atomic E-state index is 11.6. The Labute approximate surface area is 111 Å². The number of carbonyl (C=O) groups excluding carboxylic acids is 2. The molecule has 1 aromatic heterocycles. The largest absolute Gasteiger partial charge is 0.467 e. The normalized spacial score (nSPS) is 16.0. The number of piperazine rings is 1. The average Bonchev–Trinajstić information content (AvgIpc) is 2.90. The first-order valence-corrected chi connectivity index (χ1v) is 6.27. The molecule has 0 spiro atoms. The molecule has 2 heterocycles. The van der Waals surface area contributed by atoms with E-state index in [-0.39, 0.29) is 19.0 Å². The standard InChI is InChI=1S/C12H18N4O3/c17-11(9-16-5-3-13-4-6-16)15-12(18)14-8-10-2-1-7-19-10/h1-2,7,13H,3-6,8-9H2,(H2,14,15,17,18). The van der Waals surface area contributed by atoms with E-state index in [1.807, 2.05) is 4.90 Å². The van der Waals surface area contributed by atoms with Crippen molar-refractivity contribution in [3.05, 3.63) is 24.2 Å². The number of urea groups is 1. The Bertz CT molecular complexity index is 413. The van der Waals surface area contributed by atoms with Crippen molar-refractivity contribution in [1.82, 2.24) is 20.9 Å². The maximum Gasteiger partial charge on any atom is 0.321 e. The van der Waals surface area contributed by atoms with E-state index in [9.17, 15) is 9.59 Å². The lowest BCUT2D eigenvalue weighted by Crippen LogP contribution is -2.49. The van der Waals surface area contributed by atoms with Crippen LogP contribution < -0.4 is 16.0 Å². The second kappa shape index (κ2) is 6.91. The second-order valence-electron chi connectivity index (χ2n) is 4.34. The fourth-order valence-corrected chi connectivity index (χ4v) is 1.86. The molecule has 0 aliphatic carbocycles. The lowest BCUT2D eigenvalue weighted by atomic mass is 10.3. The quantitative estimate of drug-likeness (QED) is 0.684. The van der Waals surface area contributed by atoms with Crippen molar-refractivity contribution in [3.8, 4) is 0 Å². The third-order valence-electron chi connectivity index (χ3n) is 2.83. The summed E-state index contributed by atoms with van der Waals surface area (Å²) in [6, 6.07) is 2.99. The summed E-state index contributed by atoms with van der Waals surface area (Å²) in [5, 5.41) is 8.06. The van der Waals surface area contributed by atoms with Gasteiger partial charge in [-0.25, -0.2) is 4.79 Å². The van der Waals surface area contributed by atoms with Crippen LogP contribution in [0.5, 0.6) is 0 Å². The molecule has 0 unspecified atom stereocenters. The molecule has 1 saturated heterocycles. The molecule has 1 aliphatic rings. The molecular weight excluding hydrogens is 248 g/mol. The molecule has 7 nitrogen and oxygen atoms in total. The molecule has 7 heteroatoms. The number of nitrogens with zero attached hydrogens (tertiary/aromatic N) is 1. The number of amides is 3. The summed E-state index contributed by atoms with van der Waals surface area (Å²) in [5.41, 5.74) is 0. The van der Waals surface area contributed by atoms with Crippen molar-refractivity contribution >= 4 is 11.9 Å². The highest BCUT2D eigenvalue weighted by Gasteiger charge is 2.15. The van der Waals surface area contributed by atoms with E-state index in [2.05, 4.69) is 16.0 Å². The number of carbonyl (C=O) groups is 2. The van der Waals surface area contributed by atoms with Crippen LogP contribution in [0, 0.1) is 0 Å². The van der Waals surface area contributed by atoms with E-state index in [1.165, 1.54) is 6.26 Å². The summed E-state index contributed by atoms with van der Waals surface area (Å²) < 4.78 is 5.07. The minimum atomic E-state index is -0.503. The first-order valence-electron chi connectivity index (χ1n) is 6.27. The van der Waals surface area contributed by atoms with Crippen molar-refractivity contribution in [2.75, 3.05) is 32.7 Å². The van der Waals surface area contributed by atoms with Crippen molar-refractivity contribution < 1.29 is 14.0 Å². The van der Waals surface area contributed by atoms with Crippen molar-refractivity contribution in [2.45, 2.75) is 6.54 Å². The number of imide groups is 1. The zero-order valence-corrected chi connectivity index (χ0v) is 10.6. The van der Waals surface area contributed by atoms with E-state index in [1.54, 1.807) is 12.1 Å². The third kappa shape index (κ3) is 4.72. The van der Waals surface area contributed by atoms with Crippen molar-refractivity contribution in [3.63, 3.8) is 0 Å². The summed E-state index contributed by atoms with van der Waals surface area (Å²) in [6.07, 6.45) is 1.53. The zero-order valence-electron chi connectivity index (χ0n) is 10.6. The highest BCUT2D eigenvalue weighted by Crippen LogP contribution is 1.98. The second-order valence-corrected chi connectivity index (χ2v) is 4.34. The number of rotatable bonds is 4. The molecule has 19 heavy (non-hydrogen) atoms. The molecule has 3 amide bonds. The Morgan fingerprint density at radius 2 is 2.16 bits per heavy atom. The van der Waals surface area contributed by atoms with E-state index in [0.717, 1.165) is 26.2 Å². The molecule has 1 aromatic rings. The fraction of sp³-hybridized carbons (Fsp3) is 0.500. The predicted molar refractivity (Wildman–Crippen MR) is 68.4 cm³/mol. The van der Waals surface area contributed by atoms with Crippen molar-refractivity contribution in [1.29, 1.82) is 0 Å². The minimum Gasteiger partial charge on any atom is -0.467 e. The molecule has 1 fully saturated rings. The number of furan rings is 1. The van der Waals surface area contributed by atoms with Gasteiger partial charge in [-0.1, -0.05) is 0 Å². The number of hydrogen-bond acceptors (Lipinski definition) is 5. The van der Waals surface area contributed by atoms with Gasteiger partial charge in [-0.2, -0.15) is 0 Å². The molecule has 3 N–H and O–H groups in total. The highest BCUT2D eigenvalue weighted by molar-refractivity contribution is 5.95. The molecule has 0 bridgehead atoms. The smallest absolute Gasteiger partial charge is 0.321 e. The molecule has 0 atom stereocenters. The van der Waals surface area contributed by atoms with Gasteiger partial charge in [0, 0.05) is 26.2 Å². The van der Waals surface area contributed by atoms with E-state index >= 15 is 0 Å². The summed E-state index contributed by atoms with van der Waals surface area (Å²) in [7, 11) is 0. The topological polar surface area (TPSA) is 86.6 Å². The van der Waals surface area contributed by atoms with Gasteiger partial charge in [0.1, 0.15) is 5.76 Å². The van der Waals surface area contributed by atoms with Crippen LogP contribution in [0.4, 0.5) is 4.79 Å². The predicted octanol–water partition coefficient (Wildman–Crippen LogP) is -0.489. The first kappa shape index (κ1) is 13.6. The Morgan fingerprint density at radius 1 is 1.37 bits per heavy atom. The number of nitrogens with one attached hydrogen (secondary N) is 3. The number of hydrogen-bond donors (Lipinski definition) is 3. The van der Waals surface area contributed by atoms with Crippen LogP contribution in [-0.4, -0.2) is 49.6 Å². The van der Waals surface area contributed by atoms with Gasteiger partial charge in [-0.05, 0) is 12.1 Å². The monoisotopic (exact) mass is 266 g/mol. The SMILES string of the molecule is O=C(CN1CCNCC1)NC(=O)NCc1ccco1. The van der Waals surface area contributed by atoms with Crippen LogP contribution in [0.1, 0.15) is 5.76 Å². The van der Waals surface area contributed by atoms with Gasteiger partial charge in [-0.15, -0.1) is 0 Å². The van der Waals surface area contributed by atoms with Gasteiger partial charge in [0.15, 0.2) is 0 Å². The van der Waals surface area contributed by atoms with E-state index in [0.29, 0.717) is 5.76 Å². The summed E-state index contributed by atoms with van der Waals surface area (Å²) >= 11 is 0. The average molecular weight is 266 g/mol. The van der Waals surface area contributed by atoms with Crippen LogP contribution in [0.3, 0.4) is 0 Å². The fourth-order valence-electron chi connectivity index (χ4n) is 1.86. The minimum absolute atomic E-state index is 0.246. The van der Waals surface area contributed by atoms with Gasteiger partial charge in [-0.3, -0.25) is 15.0 Å². The van der Waals surface area contributed by atoms with E-state index in [4.69, 9.17) is 4.42 Å². The lowest BCUT2D eigenvalue weighted by Gasteiger charge is -2.26. The Kier molecular flexibility index (Phi) is 4.93. The van der Waals surface area contributed by atoms with Gasteiger partial charge in [0.05, 0.1) is 19.4 Å². The zero-order chi connectivity index (χ0) is 13.5. The maximum atomic E-state index is 11.6. The molecule has 0 saturated carbocycles. The molecule has 2 rings (SSSR count). The van der Waals surface area contributed by atoms with Crippen LogP contribution in [-0.2, 0) is 11.3 Å². The molecular formula is C12H18N4O3. The summed E-state index contributed by atoms with van der Waals surface area (Å²) in [6.45, 7) is 3.90. The van der Waals surface area contributed by atoms with Crippen LogP contribution in [0.15, 0.2) is 22.8 Å². The Balaban J connectivity index is 1.65. The van der Waals surface area contributed by atoms with Gasteiger partial charge in [0.2, 0.25) is 5.91 Å².